The SMILES string of the molecule is COc1cc(C(C)(C)O)c(OC)cc1O. The molecule has 0 fully saturated rings. The molecule has 0 saturated heterocycles. The number of aliphatic hydroxyl groups is 1. The van der Waals surface area contributed by atoms with Crippen molar-refractivity contribution in [1.29, 1.82) is 0 Å². The summed E-state index contributed by atoms with van der Waals surface area (Å²) in [5.41, 5.74) is -0.480. The van der Waals surface area contributed by atoms with E-state index in [1.54, 1.807) is 19.9 Å². The molecule has 1 aromatic rings. The number of benzene rings is 1. The first-order chi connectivity index (χ1) is 6.90. The molecule has 0 bridgehead atoms. The molecule has 4 heteroatoms. The van der Waals surface area contributed by atoms with E-state index in [1.165, 1.54) is 20.3 Å². The van der Waals surface area contributed by atoms with Crippen LogP contribution in [0.4, 0.5) is 0 Å². The number of phenols is 1. The first-order valence-electron chi connectivity index (χ1n) is 4.58. The van der Waals surface area contributed by atoms with Crippen molar-refractivity contribution in [2.75, 3.05) is 14.2 Å². The smallest absolute Gasteiger partial charge is 0.161 e. The highest BCUT2D eigenvalue weighted by atomic mass is 16.5. The normalized spacial score (nSPS) is 11.3. The van der Waals surface area contributed by atoms with Crippen molar-refractivity contribution in [1.82, 2.24) is 0 Å². The van der Waals surface area contributed by atoms with E-state index in [9.17, 15) is 10.2 Å². The van der Waals surface area contributed by atoms with Gasteiger partial charge in [0.1, 0.15) is 5.75 Å². The fourth-order valence-electron chi connectivity index (χ4n) is 1.36. The van der Waals surface area contributed by atoms with Gasteiger partial charge in [0.2, 0.25) is 0 Å². The molecule has 0 atom stereocenters. The van der Waals surface area contributed by atoms with Gasteiger partial charge in [-0.3, -0.25) is 0 Å². The van der Waals surface area contributed by atoms with E-state index in [1.807, 2.05) is 0 Å². The highest BCUT2D eigenvalue weighted by molar-refractivity contribution is 5.51. The van der Waals surface area contributed by atoms with E-state index >= 15 is 0 Å². The lowest BCUT2D eigenvalue weighted by atomic mass is 9.97. The Morgan fingerprint density at radius 1 is 1.07 bits per heavy atom. The second-order valence-corrected chi connectivity index (χ2v) is 3.78. The molecule has 1 rings (SSSR count). The van der Waals surface area contributed by atoms with E-state index in [2.05, 4.69) is 0 Å². The van der Waals surface area contributed by atoms with Gasteiger partial charge in [0.15, 0.2) is 11.5 Å². The number of methoxy groups -OCH3 is 2. The molecule has 0 aliphatic carbocycles. The van der Waals surface area contributed by atoms with Crippen LogP contribution >= 0.6 is 0 Å². The molecule has 84 valence electrons. The van der Waals surface area contributed by atoms with Crippen molar-refractivity contribution in [2.24, 2.45) is 0 Å². The molecule has 0 heterocycles. The summed E-state index contributed by atoms with van der Waals surface area (Å²) >= 11 is 0. The first-order valence-corrected chi connectivity index (χ1v) is 4.58. The topological polar surface area (TPSA) is 58.9 Å². The van der Waals surface area contributed by atoms with Gasteiger partial charge in [-0.15, -0.1) is 0 Å². The molecule has 0 saturated carbocycles. The van der Waals surface area contributed by atoms with Crippen LogP contribution in [0.1, 0.15) is 19.4 Å². The maximum absolute atomic E-state index is 9.89. The predicted octanol–water partition coefficient (Wildman–Crippen LogP) is 1.64. The van der Waals surface area contributed by atoms with Crippen LogP contribution in [-0.2, 0) is 5.60 Å². The number of hydrogen-bond donors (Lipinski definition) is 2. The third kappa shape index (κ3) is 2.33. The largest absolute Gasteiger partial charge is 0.504 e. The molecule has 0 aliphatic heterocycles. The van der Waals surface area contributed by atoms with Crippen LogP contribution < -0.4 is 9.47 Å². The molecule has 0 spiro atoms. The first kappa shape index (κ1) is 11.7. The molecule has 0 unspecified atom stereocenters. The Morgan fingerprint density at radius 3 is 2.00 bits per heavy atom. The van der Waals surface area contributed by atoms with Gasteiger partial charge in [0.05, 0.1) is 19.8 Å². The second-order valence-electron chi connectivity index (χ2n) is 3.78. The van der Waals surface area contributed by atoms with Crippen LogP contribution in [0.5, 0.6) is 17.2 Å². The van der Waals surface area contributed by atoms with Gasteiger partial charge in [-0.2, -0.15) is 0 Å². The molecule has 0 amide bonds. The zero-order chi connectivity index (χ0) is 11.6. The molecular weight excluding hydrogens is 196 g/mol. The van der Waals surface area contributed by atoms with Gasteiger partial charge in [-0.25, -0.2) is 0 Å². The van der Waals surface area contributed by atoms with Gasteiger partial charge in [-0.1, -0.05) is 0 Å². The molecule has 0 aliphatic rings. The van der Waals surface area contributed by atoms with E-state index in [0.29, 0.717) is 17.1 Å². The Hall–Kier alpha value is -1.42. The summed E-state index contributed by atoms with van der Waals surface area (Å²) in [6.07, 6.45) is 0. The van der Waals surface area contributed by atoms with Gasteiger partial charge in [-0.05, 0) is 19.9 Å². The standard InChI is InChI=1S/C11H16O4/c1-11(2,13)7-5-10(15-4)8(12)6-9(7)14-3/h5-6,12-13H,1-4H3. The van der Waals surface area contributed by atoms with Crippen LogP contribution in [0.15, 0.2) is 12.1 Å². The van der Waals surface area contributed by atoms with E-state index in [0.717, 1.165) is 0 Å². The summed E-state index contributed by atoms with van der Waals surface area (Å²) in [7, 11) is 2.94. The minimum absolute atomic E-state index is 0.0117. The van der Waals surface area contributed by atoms with Crippen LogP contribution in [-0.4, -0.2) is 24.4 Å². The van der Waals surface area contributed by atoms with Gasteiger partial charge >= 0.3 is 0 Å². The molecule has 0 radical (unpaired) electrons. The monoisotopic (exact) mass is 212 g/mol. The van der Waals surface area contributed by atoms with Gasteiger partial charge < -0.3 is 19.7 Å². The van der Waals surface area contributed by atoms with Crippen molar-refractivity contribution in [3.63, 3.8) is 0 Å². The molecule has 15 heavy (non-hydrogen) atoms. The molecular formula is C11H16O4. The van der Waals surface area contributed by atoms with Crippen molar-refractivity contribution < 1.29 is 19.7 Å². The quantitative estimate of drug-likeness (QED) is 0.799. The van der Waals surface area contributed by atoms with Crippen molar-refractivity contribution >= 4 is 0 Å². The van der Waals surface area contributed by atoms with E-state index in [-0.39, 0.29) is 5.75 Å². The molecule has 0 aromatic heterocycles. The highest BCUT2D eigenvalue weighted by Crippen LogP contribution is 2.38. The highest BCUT2D eigenvalue weighted by Gasteiger charge is 2.23. The zero-order valence-electron chi connectivity index (χ0n) is 9.37. The van der Waals surface area contributed by atoms with E-state index in [4.69, 9.17) is 9.47 Å². The van der Waals surface area contributed by atoms with Crippen molar-refractivity contribution in [2.45, 2.75) is 19.4 Å². The van der Waals surface area contributed by atoms with Crippen LogP contribution in [0.3, 0.4) is 0 Å². The van der Waals surface area contributed by atoms with Crippen LogP contribution in [0.25, 0.3) is 0 Å². The van der Waals surface area contributed by atoms with Crippen LogP contribution in [0, 0.1) is 0 Å². The summed E-state index contributed by atoms with van der Waals surface area (Å²) in [6, 6.07) is 2.99. The molecule has 2 N–H and O–H groups in total. The Balaban J connectivity index is 3.36. The number of aromatic hydroxyl groups is 1. The lowest BCUT2D eigenvalue weighted by molar-refractivity contribution is 0.0752. The van der Waals surface area contributed by atoms with E-state index < -0.39 is 5.60 Å². The Bertz CT molecular complexity index is 352. The Labute approximate surface area is 89.1 Å². The van der Waals surface area contributed by atoms with Crippen LogP contribution in [0.2, 0.25) is 0 Å². The van der Waals surface area contributed by atoms with Crippen molar-refractivity contribution in [3.05, 3.63) is 17.7 Å². The lowest BCUT2D eigenvalue weighted by Crippen LogP contribution is -2.16. The predicted molar refractivity (Wildman–Crippen MR) is 56.5 cm³/mol. The zero-order valence-corrected chi connectivity index (χ0v) is 9.37. The maximum Gasteiger partial charge on any atom is 0.161 e. The fourth-order valence-corrected chi connectivity index (χ4v) is 1.36. The number of ether oxygens (including phenoxy) is 2. The summed E-state index contributed by atoms with van der Waals surface area (Å²) in [5.74, 6) is 0.732. The lowest BCUT2D eigenvalue weighted by Gasteiger charge is -2.21. The molecule has 4 nitrogen and oxygen atoms in total. The number of hydrogen-bond acceptors (Lipinski definition) is 4. The fraction of sp³-hybridized carbons (Fsp3) is 0.455. The summed E-state index contributed by atoms with van der Waals surface area (Å²) in [5, 5.41) is 19.4. The molecule has 1 aromatic carbocycles. The Morgan fingerprint density at radius 2 is 1.60 bits per heavy atom. The summed E-state index contributed by atoms with van der Waals surface area (Å²) in [6.45, 7) is 3.28. The second kappa shape index (κ2) is 3.98. The Kier molecular flexibility index (Phi) is 3.09. The average Bonchev–Trinajstić information content (AvgIpc) is 2.15. The number of rotatable bonds is 3. The summed E-state index contributed by atoms with van der Waals surface area (Å²) in [4.78, 5) is 0. The maximum atomic E-state index is 9.89. The average molecular weight is 212 g/mol. The van der Waals surface area contributed by atoms with Gasteiger partial charge in [0, 0.05) is 11.6 Å². The van der Waals surface area contributed by atoms with Gasteiger partial charge in [0.25, 0.3) is 0 Å². The summed E-state index contributed by atoms with van der Waals surface area (Å²) < 4.78 is 10.0. The third-order valence-corrected chi connectivity index (χ3v) is 2.16. The van der Waals surface area contributed by atoms with Crippen molar-refractivity contribution in [3.8, 4) is 17.2 Å². The minimum Gasteiger partial charge on any atom is -0.504 e. The third-order valence-electron chi connectivity index (χ3n) is 2.16. The minimum atomic E-state index is -1.05. The number of phenolic OH excluding ortho intramolecular Hbond substituents is 1.